The number of nitrogens with one attached hydrogen (secondary N) is 1. The summed E-state index contributed by atoms with van der Waals surface area (Å²) >= 11 is 1.78. The summed E-state index contributed by atoms with van der Waals surface area (Å²) in [4.78, 5) is 7.79. The van der Waals surface area contributed by atoms with Crippen LogP contribution in [0.1, 0.15) is 19.3 Å². The highest BCUT2D eigenvalue weighted by Crippen LogP contribution is 2.23. The predicted octanol–water partition coefficient (Wildman–Crippen LogP) is 3.74. The molecule has 0 saturated carbocycles. The molecule has 1 aliphatic heterocycles. The van der Waals surface area contributed by atoms with Gasteiger partial charge in [-0.15, -0.1) is 0 Å². The molecule has 0 radical (unpaired) electrons. The lowest BCUT2D eigenvalue weighted by Gasteiger charge is -2.07. The number of thioether (sulfide) groups is 1. The molecule has 0 bridgehead atoms. The first-order valence-corrected chi connectivity index (χ1v) is 7.75. The third kappa shape index (κ3) is 3.39. The molecule has 1 aliphatic rings. The first-order valence-electron chi connectivity index (χ1n) is 6.76. The van der Waals surface area contributed by atoms with Crippen LogP contribution in [0.5, 0.6) is 0 Å². The summed E-state index contributed by atoms with van der Waals surface area (Å²) in [7, 11) is 0. The summed E-state index contributed by atoms with van der Waals surface area (Å²) in [6.45, 7) is 0.939. The van der Waals surface area contributed by atoms with E-state index < -0.39 is 0 Å². The van der Waals surface area contributed by atoms with Crippen molar-refractivity contribution >= 4 is 11.8 Å². The Morgan fingerprint density at radius 2 is 2.21 bits per heavy atom. The van der Waals surface area contributed by atoms with Crippen LogP contribution in [0.3, 0.4) is 0 Å². The Balaban J connectivity index is 1.53. The smallest absolute Gasteiger partial charge is 0.165 e. The van der Waals surface area contributed by atoms with Crippen molar-refractivity contribution in [3.63, 3.8) is 0 Å². The Bertz CT molecular complexity index is 506. The van der Waals surface area contributed by atoms with Crippen LogP contribution in [0.4, 0.5) is 0 Å². The van der Waals surface area contributed by atoms with Gasteiger partial charge in [-0.25, -0.2) is 4.98 Å². The maximum atomic E-state index is 5.62. The maximum Gasteiger partial charge on any atom is 0.165 e. The lowest BCUT2D eigenvalue weighted by molar-refractivity contribution is 0.109. The van der Waals surface area contributed by atoms with Crippen molar-refractivity contribution in [1.82, 2.24) is 9.97 Å². The third-order valence-electron chi connectivity index (χ3n) is 3.34. The summed E-state index contributed by atoms with van der Waals surface area (Å²) in [6, 6.07) is 10.3. The zero-order valence-corrected chi connectivity index (χ0v) is 11.7. The van der Waals surface area contributed by atoms with Gasteiger partial charge in [0.15, 0.2) is 5.16 Å². The molecule has 19 heavy (non-hydrogen) atoms. The molecule has 2 aromatic rings. The molecule has 1 N–H and O–H groups in total. The SMILES string of the molecule is c1ccc(-c2cnc(SCCC3CCCO3)[nH]2)cc1. The summed E-state index contributed by atoms with van der Waals surface area (Å²) < 4.78 is 5.62. The quantitative estimate of drug-likeness (QED) is 0.844. The van der Waals surface area contributed by atoms with Gasteiger partial charge in [-0.1, -0.05) is 42.1 Å². The average Bonchev–Trinajstić information content (AvgIpc) is 3.11. The topological polar surface area (TPSA) is 37.9 Å². The number of aromatic nitrogens is 2. The summed E-state index contributed by atoms with van der Waals surface area (Å²) in [6.07, 6.45) is 5.92. The normalized spacial score (nSPS) is 18.8. The second-order valence-electron chi connectivity index (χ2n) is 4.74. The van der Waals surface area contributed by atoms with E-state index in [1.54, 1.807) is 11.8 Å². The van der Waals surface area contributed by atoms with Crippen molar-refractivity contribution in [1.29, 1.82) is 0 Å². The molecule has 2 heterocycles. The molecule has 0 aliphatic carbocycles. The minimum absolute atomic E-state index is 0.469. The predicted molar refractivity (Wildman–Crippen MR) is 78.3 cm³/mol. The molecule has 0 spiro atoms. The van der Waals surface area contributed by atoms with Crippen LogP contribution < -0.4 is 0 Å². The number of benzene rings is 1. The van der Waals surface area contributed by atoms with Gasteiger partial charge in [-0.3, -0.25) is 0 Å². The van der Waals surface area contributed by atoms with E-state index in [1.807, 2.05) is 24.4 Å². The number of hydrogen-bond acceptors (Lipinski definition) is 3. The van der Waals surface area contributed by atoms with Gasteiger partial charge in [0.1, 0.15) is 0 Å². The Labute approximate surface area is 117 Å². The molecular formula is C15H18N2OS. The molecule has 0 amide bonds. The van der Waals surface area contributed by atoms with Crippen LogP contribution in [0.25, 0.3) is 11.3 Å². The standard InChI is InChI=1S/C15H18N2OS/c1-2-5-12(6-3-1)14-11-16-15(17-14)19-10-8-13-7-4-9-18-13/h1-3,5-6,11,13H,4,7-10H2,(H,16,17). The van der Waals surface area contributed by atoms with Crippen molar-refractivity contribution in [2.75, 3.05) is 12.4 Å². The fourth-order valence-corrected chi connectivity index (χ4v) is 3.18. The van der Waals surface area contributed by atoms with Gasteiger partial charge in [0.05, 0.1) is 18.0 Å². The minimum Gasteiger partial charge on any atom is -0.378 e. The lowest BCUT2D eigenvalue weighted by Crippen LogP contribution is -2.05. The summed E-state index contributed by atoms with van der Waals surface area (Å²) in [5, 5.41) is 0.997. The van der Waals surface area contributed by atoms with E-state index in [4.69, 9.17) is 4.74 Å². The molecule has 1 atom stereocenters. The second-order valence-corrected chi connectivity index (χ2v) is 5.82. The van der Waals surface area contributed by atoms with Crippen molar-refractivity contribution in [3.05, 3.63) is 36.5 Å². The van der Waals surface area contributed by atoms with E-state index >= 15 is 0 Å². The zero-order valence-electron chi connectivity index (χ0n) is 10.8. The first-order chi connectivity index (χ1) is 9.42. The second kappa shape index (κ2) is 6.26. The number of H-pyrrole nitrogens is 1. The Morgan fingerprint density at radius 1 is 1.32 bits per heavy atom. The molecule has 1 saturated heterocycles. The first kappa shape index (κ1) is 12.8. The fourth-order valence-electron chi connectivity index (χ4n) is 2.30. The number of imidazole rings is 1. The van der Waals surface area contributed by atoms with Gasteiger partial charge < -0.3 is 9.72 Å². The van der Waals surface area contributed by atoms with Gasteiger partial charge >= 0.3 is 0 Å². The fraction of sp³-hybridized carbons (Fsp3) is 0.400. The lowest BCUT2D eigenvalue weighted by atomic mass is 10.2. The van der Waals surface area contributed by atoms with E-state index in [9.17, 15) is 0 Å². The van der Waals surface area contributed by atoms with E-state index in [-0.39, 0.29) is 0 Å². The molecule has 3 nitrogen and oxygen atoms in total. The Morgan fingerprint density at radius 3 is 3.00 bits per heavy atom. The van der Waals surface area contributed by atoms with Gasteiger partial charge in [0.25, 0.3) is 0 Å². The monoisotopic (exact) mass is 274 g/mol. The minimum atomic E-state index is 0.469. The highest BCUT2D eigenvalue weighted by atomic mass is 32.2. The molecule has 1 aromatic carbocycles. The Hall–Kier alpha value is -1.26. The van der Waals surface area contributed by atoms with E-state index in [1.165, 1.54) is 18.4 Å². The van der Waals surface area contributed by atoms with E-state index in [2.05, 4.69) is 22.1 Å². The van der Waals surface area contributed by atoms with Gasteiger partial charge in [-0.05, 0) is 24.8 Å². The highest BCUT2D eigenvalue weighted by Gasteiger charge is 2.15. The molecule has 1 aromatic heterocycles. The van der Waals surface area contributed by atoms with Crippen LogP contribution in [0, 0.1) is 0 Å². The van der Waals surface area contributed by atoms with Gasteiger partial charge in [0, 0.05) is 12.4 Å². The van der Waals surface area contributed by atoms with E-state index in [0.717, 1.165) is 29.6 Å². The van der Waals surface area contributed by atoms with Crippen LogP contribution in [-0.2, 0) is 4.74 Å². The molecular weight excluding hydrogens is 256 g/mol. The number of hydrogen-bond donors (Lipinski definition) is 1. The molecule has 1 unspecified atom stereocenters. The highest BCUT2D eigenvalue weighted by molar-refractivity contribution is 7.99. The van der Waals surface area contributed by atoms with Crippen LogP contribution in [-0.4, -0.2) is 28.4 Å². The van der Waals surface area contributed by atoms with Crippen LogP contribution >= 0.6 is 11.8 Å². The van der Waals surface area contributed by atoms with Crippen molar-refractivity contribution in [2.45, 2.75) is 30.5 Å². The molecule has 1 fully saturated rings. The largest absolute Gasteiger partial charge is 0.378 e. The number of rotatable bonds is 5. The molecule has 100 valence electrons. The number of nitrogens with zero attached hydrogens (tertiary/aromatic N) is 1. The summed E-state index contributed by atoms with van der Waals surface area (Å²) in [5.41, 5.74) is 2.26. The maximum absolute atomic E-state index is 5.62. The van der Waals surface area contributed by atoms with Crippen molar-refractivity contribution in [2.24, 2.45) is 0 Å². The van der Waals surface area contributed by atoms with Gasteiger partial charge in [-0.2, -0.15) is 0 Å². The zero-order chi connectivity index (χ0) is 12.9. The third-order valence-corrected chi connectivity index (χ3v) is 4.26. The summed E-state index contributed by atoms with van der Waals surface area (Å²) in [5.74, 6) is 1.06. The molecule has 3 rings (SSSR count). The van der Waals surface area contributed by atoms with E-state index in [0.29, 0.717) is 6.10 Å². The van der Waals surface area contributed by atoms with Crippen molar-refractivity contribution in [3.8, 4) is 11.3 Å². The van der Waals surface area contributed by atoms with Crippen molar-refractivity contribution < 1.29 is 4.74 Å². The number of ether oxygens (including phenoxy) is 1. The Kier molecular flexibility index (Phi) is 4.20. The average molecular weight is 274 g/mol. The molecule has 4 heteroatoms. The van der Waals surface area contributed by atoms with Crippen LogP contribution in [0.2, 0.25) is 0 Å². The van der Waals surface area contributed by atoms with Crippen LogP contribution in [0.15, 0.2) is 41.7 Å². The van der Waals surface area contributed by atoms with Gasteiger partial charge in [0.2, 0.25) is 0 Å². The number of aromatic amines is 1.